The Bertz CT molecular complexity index is 1340. The van der Waals surface area contributed by atoms with Gasteiger partial charge in [-0.15, -0.1) is 0 Å². The Morgan fingerprint density at radius 3 is 2.35 bits per heavy atom. The van der Waals surface area contributed by atoms with E-state index in [0.29, 0.717) is 17.7 Å². The van der Waals surface area contributed by atoms with E-state index in [-0.39, 0.29) is 17.0 Å². The number of nitrogens with zero attached hydrogens (tertiary/aromatic N) is 2. The SMILES string of the molecule is Cc1cc([N+](=O)[O-])cc(S(=O)(=O)Nc2cc(-c3n[nH]c(=O)[nH]3)cc(C(F)(F)F)c2)c1C. The van der Waals surface area contributed by atoms with Crippen LogP contribution in [0.1, 0.15) is 16.7 Å². The predicted octanol–water partition coefficient (Wildman–Crippen LogP) is 3.11. The first-order valence-corrected chi connectivity index (χ1v) is 9.92. The average Bonchev–Trinajstić information content (AvgIpc) is 3.08. The van der Waals surface area contributed by atoms with Crippen molar-refractivity contribution < 1.29 is 26.5 Å². The number of nitro groups is 1. The van der Waals surface area contributed by atoms with Crippen molar-refractivity contribution in [3.05, 3.63) is 67.6 Å². The third-order valence-electron chi connectivity index (χ3n) is 4.39. The lowest BCUT2D eigenvalue weighted by molar-refractivity contribution is -0.385. The van der Waals surface area contributed by atoms with Crippen molar-refractivity contribution in [1.29, 1.82) is 0 Å². The van der Waals surface area contributed by atoms with E-state index < -0.39 is 48.6 Å². The third kappa shape index (κ3) is 4.58. The normalized spacial score (nSPS) is 12.0. The number of halogens is 3. The van der Waals surface area contributed by atoms with Gasteiger partial charge in [0.1, 0.15) is 0 Å². The van der Waals surface area contributed by atoms with Gasteiger partial charge in [0.2, 0.25) is 0 Å². The summed E-state index contributed by atoms with van der Waals surface area (Å²) < 4.78 is 67.7. The molecule has 0 fully saturated rings. The largest absolute Gasteiger partial charge is 0.416 e. The number of nitro benzene ring substituents is 1. The monoisotopic (exact) mass is 457 g/mol. The summed E-state index contributed by atoms with van der Waals surface area (Å²) in [4.78, 5) is 23.3. The van der Waals surface area contributed by atoms with Crippen molar-refractivity contribution >= 4 is 21.4 Å². The quantitative estimate of drug-likeness (QED) is 0.396. The second-order valence-electron chi connectivity index (χ2n) is 6.57. The van der Waals surface area contributed by atoms with E-state index in [4.69, 9.17) is 0 Å². The van der Waals surface area contributed by atoms with Gasteiger partial charge >= 0.3 is 11.9 Å². The molecule has 0 aliphatic carbocycles. The van der Waals surface area contributed by atoms with Crippen LogP contribution in [0.2, 0.25) is 0 Å². The van der Waals surface area contributed by atoms with Gasteiger partial charge in [0.05, 0.1) is 21.1 Å². The number of hydrogen-bond donors (Lipinski definition) is 3. The van der Waals surface area contributed by atoms with E-state index in [0.717, 1.165) is 12.1 Å². The van der Waals surface area contributed by atoms with Gasteiger partial charge in [0.25, 0.3) is 15.7 Å². The van der Waals surface area contributed by atoms with Crippen molar-refractivity contribution in [2.45, 2.75) is 24.9 Å². The fourth-order valence-corrected chi connectivity index (χ4v) is 4.18. The van der Waals surface area contributed by atoms with Gasteiger partial charge in [-0.1, -0.05) is 0 Å². The van der Waals surface area contributed by atoms with E-state index in [9.17, 15) is 36.5 Å². The zero-order valence-corrected chi connectivity index (χ0v) is 16.7. The van der Waals surface area contributed by atoms with E-state index in [1.165, 1.54) is 19.9 Å². The first-order valence-electron chi connectivity index (χ1n) is 8.44. The average molecular weight is 457 g/mol. The number of aromatic amines is 2. The van der Waals surface area contributed by atoms with Crippen molar-refractivity contribution in [3.63, 3.8) is 0 Å². The van der Waals surface area contributed by atoms with Crippen LogP contribution in [0.3, 0.4) is 0 Å². The highest BCUT2D eigenvalue weighted by atomic mass is 32.2. The van der Waals surface area contributed by atoms with Gasteiger partial charge in [-0.3, -0.25) is 19.8 Å². The lowest BCUT2D eigenvalue weighted by Crippen LogP contribution is -2.16. The maximum absolute atomic E-state index is 13.3. The first kappa shape index (κ1) is 22.0. The highest BCUT2D eigenvalue weighted by Gasteiger charge is 2.32. The molecule has 10 nitrogen and oxygen atoms in total. The van der Waals surface area contributed by atoms with Crippen molar-refractivity contribution in [2.24, 2.45) is 0 Å². The molecule has 3 aromatic rings. The van der Waals surface area contributed by atoms with Crippen molar-refractivity contribution in [2.75, 3.05) is 4.72 Å². The molecule has 0 unspecified atom stereocenters. The topological polar surface area (TPSA) is 151 Å². The fraction of sp³-hybridized carbons (Fsp3) is 0.176. The molecule has 1 aromatic heterocycles. The van der Waals surface area contributed by atoms with Crippen LogP contribution in [0.25, 0.3) is 11.4 Å². The summed E-state index contributed by atoms with van der Waals surface area (Å²) in [6, 6.07) is 4.30. The Morgan fingerprint density at radius 2 is 1.81 bits per heavy atom. The van der Waals surface area contributed by atoms with Crippen LogP contribution in [0.5, 0.6) is 0 Å². The van der Waals surface area contributed by atoms with Gasteiger partial charge in [0, 0.05) is 17.7 Å². The third-order valence-corrected chi connectivity index (χ3v) is 5.90. The van der Waals surface area contributed by atoms with Crippen molar-refractivity contribution in [1.82, 2.24) is 15.2 Å². The highest BCUT2D eigenvalue weighted by molar-refractivity contribution is 7.92. The molecule has 0 aliphatic rings. The molecule has 0 bridgehead atoms. The van der Waals surface area contributed by atoms with Gasteiger partial charge in [-0.05, 0) is 43.2 Å². The Labute approximate surface area is 172 Å². The zero-order chi connectivity index (χ0) is 23.1. The molecule has 0 amide bonds. The number of alkyl halides is 3. The molecular formula is C17H14F3N5O5S. The second-order valence-corrected chi connectivity index (χ2v) is 8.22. The van der Waals surface area contributed by atoms with E-state index in [1.807, 2.05) is 9.82 Å². The molecule has 1 heterocycles. The molecule has 0 saturated carbocycles. The van der Waals surface area contributed by atoms with Crippen molar-refractivity contribution in [3.8, 4) is 11.4 Å². The van der Waals surface area contributed by atoms with Gasteiger partial charge in [-0.25, -0.2) is 18.3 Å². The number of nitrogens with one attached hydrogen (secondary N) is 3. The van der Waals surface area contributed by atoms with Crippen LogP contribution in [-0.2, 0) is 16.2 Å². The molecular weight excluding hydrogens is 443 g/mol. The van der Waals surface area contributed by atoms with Crippen LogP contribution in [0.15, 0.2) is 40.0 Å². The zero-order valence-electron chi connectivity index (χ0n) is 15.9. The number of non-ortho nitro benzene ring substituents is 1. The number of rotatable bonds is 5. The maximum atomic E-state index is 13.3. The number of benzene rings is 2. The number of aromatic nitrogens is 3. The number of hydrogen-bond acceptors (Lipinski definition) is 6. The van der Waals surface area contributed by atoms with Crippen LogP contribution >= 0.6 is 0 Å². The molecule has 3 N–H and O–H groups in total. The summed E-state index contributed by atoms with van der Waals surface area (Å²) in [6.07, 6.45) is -4.83. The lowest BCUT2D eigenvalue weighted by atomic mass is 10.1. The summed E-state index contributed by atoms with van der Waals surface area (Å²) in [5.74, 6) is -0.237. The molecule has 164 valence electrons. The van der Waals surface area contributed by atoms with E-state index >= 15 is 0 Å². The maximum Gasteiger partial charge on any atom is 0.416 e. The number of anilines is 1. The number of aryl methyl sites for hydroxylation is 1. The molecule has 14 heteroatoms. The lowest BCUT2D eigenvalue weighted by Gasteiger charge is -2.15. The molecule has 2 aromatic carbocycles. The molecule has 3 rings (SSSR count). The smallest absolute Gasteiger partial charge is 0.289 e. The summed E-state index contributed by atoms with van der Waals surface area (Å²) in [5.41, 5.74) is -2.62. The van der Waals surface area contributed by atoms with E-state index in [2.05, 4.69) is 10.1 Å². The van der Waals surface area contributed by atoms with Crippen LogP contribution in [0, 0.1) is 24.0 Å². The predicted molar refractivity (Wildman–Crippen MR) is 103 cm³/mol. The Hall–Kier alpha value is -3.68. The summed E-state index contributed by atoms with van der Waals surface area (Å²) >= 11 is 0. The Balaban J connectivity index is 2.13. The molecule has 0 radical (unpaired) electrons. The highest BCUT2D eigenvalue weighted by Crippen LogP contribution is 2.35. The summed E-state index contributed by atoms with van der Waals surface area (Å²) in [7, 11) is -4.50. The van der Waals surface area contributed by atoms with Gasteiger partial charge < -0.3 is 0 Å². The van der Waals surface area contributed by atoms with Crippen LogP contribution < -0.4 is 10.4 Å². The van der Waals surface area contributed by atoms with Gasteiger partial charge in [-0.2, -0.15) is 18.3 Å². The molecule has 0 saturated heterocycles. The molecule has 0 atom stereocenters. The molecule has 0 spiro atoms. The minimum absolute atomic E-state index is 0.196. The minimum atomic E-state index is -4.83. The molecule has 31 heavy (non-hydrogen) atoms. The molecule has 0 aliphatic heterocycles. The second kappa shape index (κ2) is 7.54. The fourth-order valence-electron chi connectivity index (χ4n) is 2.80. The Morgan fingerprint density at radius 1 is 1.13 bits per heavy atom. The minimum Gasteiger partial charge on any atom is -0.289 e. The van der Waals surface area contributed by atoms with E-state index in [1.54, 1.807) is 0 Å². The van der Waals surface area contributed by atoms with Crippen LogP contribution in [-0.4, -0.2) is 28.5 Å². The number of sulfonamides is 1. The standard InChI is InChI=1S/C17H14F3N5O5S/c1-8-3-13(25(27)28)7-14(9(8)2)31(29,30)24-12-5-10(15-21-16(26)23-22-15)4-11(6-12)17(18,19)20/h3-7,24H,1-2H3,(H2,21,22,23,26). The summed E-state index contributed by atoms with van der Waals surface area (Å²) in [6.45, 7) is 2.89. The summed E-state index contributed by atoms with van der Waals surface area (Å²) in [5, 5.41) is 16.6. The van der Waals surface area contributed by atoms with Crippen LogP contribution in [0.4, 0.5) is 24.5 Å². The number of H-pyrrole nitrogens is 2. The Kier molecular flexibility index (Phi) is 5.35. The van der Waals surface area contributed by atoms with Gasteiger partial charge in [0.15, 0.2) is 5.82 Å². The first-order chi connectivity index (χ1) is 14.3.